The van der Waals surface area contributed by atoms with Crippen molar-refractivity contribution in [1.82, 2.24) is 16.0 Å². The van der Waals surface area contributed by atoms with Crippen LogP contribution in [0, 0.1) is 5.92 Å². The van der Waals surface area contributed by atoms with Crippen molar-refractivity contribution in [1.29, 1.82) is 0 Å². The number of alkyl halides is 5. The van der Waals surface area contributed by atoms with Crippen LogP contribution in [0.1, 0.15) is 58.0 Å². The van der Waals surface area contributed by atoms with E-state index in [1.165, 1.54) is 7.05 Å². The standard InChI is InChI=1S/C26H25F5N4O5/c1-12-8-15(23(38)33-12)11-19(20(36)25(40)32-2)35-24(39)17-10-13(21(27)28)6-7-18(17)34-22(37)14-4-3-5-16(9-14)26(29,30)31/h3-7,9-10,12,15,19,21H,8,11H2,1-2H3,(H,32,40)(H,33,38)(H,34,37)(H,35,39)/t12-,15+,19+/m1/s1. The molecule has 1 aliphatic heterocycles. The first-order valence-electron chi connectivity index (χ1n) is 12.0. The molecule has 1 saturated heterocycles. The summed E-state index contributed by atoms with van der Waals surface area (Å²) in [7, 11) is 1.18. The van der Waals surface area contributed by atoms with Gasteiger partial charge in [-0.25, -0.2) is 8.78 Å². The fourth-order valence-electron chi connectivity index (χ4n) is 4.22. The second kappa shape index (κ2) is 12.2. The second-order valence-corrected chi connectivity index (χ2v) is 9.19. The molecule has 4 amide bonds. The average Bonchev–Trinajstić information content (AvgIpc) is 3.22. The Morgan fingerprint density at radius 2 is 1.75 bits per heavy atom. The zero-order valence-electron chi connectivity index (χ0n) is 21.2. The Hall–Kier alpha value is -4.36. The van der Waals surface area contributed by atoms with E-state index in [0.717, 1.165) is 36.4 Å². The minimum absolute atomic E-state index is 0.218. The zero-order chi connectivity index (χ0) is 29.8. The predicted molar refractivity (Wildman–Crippen MR) is 131 cm³/mol. The molecule has 9 nitrogen and oxygen atoms in total. The van der Waals surface area contributed by atoms with Crippen LogP contribution in [0.15, 0.2) is 42.5 Å². The third-order valence-electron chi connectivity index (χ3n) is 6.23. The monoisotopic (exact) mass is 568 g/mol. The van der Waals surface area contributed by atoms with Gasteiger partial charge in [0.2, 0.25) is 11.7 Å². The number of rotatable bonds is 9. The summed E-state index contributed by atoms with van der Waals surface area (Å²) in [6.45, 7) is 1.72. The van der Waals surface area contributed by atoms with E-state index in [9.17, 15) is 45.9 Å². The third kappa shape index (κ3) is 7.18. The minimum atomic E-state index is -4.74. The normalized spacial score (nSPS) is 17.6. The van der Waals surface area contributed by atoms with Crippen molar-refractivity contribution in [3.05, 3.63) is 64.7 Å². The molecule has 0 aliphatic carbocycles. The van der Waals surface area contributed by atoms with Gasteiger partial charge >= 0.3 is 6.18 Å². The topological polar surface area (TPSA) is 133 Å². The molecule has 214 valence electrons. The van der Waals surface area contributed by atoms with Gasteiger partial charge in [-0.2, -0.15) is 13.2 Å². The molecule has 40 heavy (non-hydrogen) atoms. The average molecular weight is 568 g/mol. The molecule has 0 aromatic heterocycles. The Bertz CT molecular complexity index is 1330. The lowest BCUT2D eigenvalue weighted by Gasteiger charge is -2.21. The van der Waals surface area contributed by atoms with Crippen molar-refractivity contribution in [2.75, 3.05) is 12.4 Å². The highest BCUT2D eigenvalue weighted by molar-refractivity contribution is 6.38. The number of hydrogen-bond acceptors (Lipinski definition) is 5. The van der Waals surface area contributed by atoms with Crippen molar-refractivity contribution in [3.63, 3.8) is 0 Å². The highest BCUT2D eigenvalue weighted by Crippen LogP contribution is 2.30. The molecule has 14 heteroatoms. The van der Waals surface area contributed by atoms with Crippen LogP contribution in [0.4, 0.5) is 27.6 Å². The van der Waals surface area contributed by atoms with Gasteiger partial charge < -0.3 is 21.3 Å². The molecule has 1 heterocycles. The molecule has 0 bridgehead atoms. The van der Waals surface area contributed by atoms with E-state index in [2.05, 4.69) is 21.3 Å². The van der Waals surface area contributed by atoms with Crippen LogP contribution >= 0.6 is 0 Å². The number of Topliss-reactive ketones (excluding diaryl/α,β-unsaturated/α-hetero) is 1. The van der Waals surface area contributed by atoms with Crippen LogP contribution in [0.25, 0.3) is 0 Å². The number of nitrogens with one attached hydrogen (secondary N) is 4. The maximum Gasteiger partial charge on any atom is 0.416 e. The second-order valence-electron chi connectivity index (χ2n) is 9.19. The molecule has 0 saturated carbocycles. The summed E-state index contributed by atoms with van der Waals surface area (Å²) in [5, 5.41) is 9.29. The quantitative estimate of drug-likeness (QED) is 0.272. The molecule has 0 radical (unpaired) electrons. The molecule has 3 atom stereocenters. The lowest BCUT2D eigenvalue weighted by Crippen LogP contribution is -2.48. The fraction of sp³-hybridized carbons (Fsp3) is 0.346. The number of halogens is 5. The summed E-state index contributed by atoms with van der Waals surface area (Å²) < 4.78 is 66.1. The zero-order valence-corrected chi connectivity index (χ0v) is 21.2. The Labute approximate surface area is 224 Å². The van der Waals surface area contributed by atoms with Gasteiger partial charge in [-0.3, -0.25) is 24.0 Å². The molecular formula is C26H25F5N4O5. The van der Waals surface area contributed by atoms with Crippen molar-refractivity contribution in [3.8, 4) is 0 Å². The van der Waals surface area contributed by atoms with Gasteiger partial charge in [0.05, 0.1) is 22.9 Å². The van der Waals surface area contributed by atoms with Gasteiger partial charge in [-0.1, -0.05) is 12.1 Å². The summed E-state index contributed by atoms with van der Waals surface area (Å²) in [6.07, 6.45) is -7.73. The lowest BCUT2D eigenvalue weighted by atomic mass is 9.93. The molecule has 4 N–H and O–H groups in total. The first-order valence-corrected chi connectivity index (χ1v) is 12.0. The van der Waals surface area contributed by atoms with E-state index in [1.807, 2.05) is 0 Å². The Kier molecular flexibility index (Phi) is 9.22. The van der Waals surface area contributed by atoms with Gasteiger partial charge in [0, 0.05) is 30.1 Å². The number of amides is 4. The maximum absolute atomic E-state index is 13.4. The summed E-state index contributed by atoms with van der Waals surface area (Å²) in [6, 6.07) is 4.28. The first kappa shape index (κ1) is 30.2. The smallest absolute Gasteiger partial charge is 0.353 e. The van der Waals surface area contributed by atoms with Crippen LogP contribution < -0.4 is 21.3 Å². The Balaban J connectivity index is 1.93. The number of carbonyl (C=O) groups is 5. The summed E-state index contributed by atoms with van der Waals surface area (Å²) in [5.41, 5.74) is -3.04. The van der Waals surface area contributed by atoms with E-state index < -0.39 is 76.2 Å². The van der Waals surface area contributed by atoms with Crippen LogP contribution in [0.2, 0.25) is 0 Å². The third-order valence-corrected chi connectivity index (χ3v) is 6.23. The summed E-state index contributed by atoms with van der Waals surface area (Å²) >= 11 is 0. The number of hydrogen-bond donors (Lipinski definition) is 4. The predicted octanol–water partition coefficient (Wildman–Crippen LogP) is 3.22. The van der Waals surface area contributed by atoms with Crippen LogP contribution in [0.3, 0.4) is 0 Å². The number of benzene rings is 2. The lowest BCUT2D eigenvalue weighted by molar-refractivity contribution is -0.139. The van der Waals surface area contributed by atoms with E-state index in [4.69, 9.17) is 0 Å². The Morgan fingerprint density at radius 1 is 1.05 bits per heavy atom. The molecule has 3 rings (SSSR count). The highest BCUT2D eigenvalue weighted by atomic mass is 19.4. The largest absolute Gasteiger partial charge is 0.416 e. The fourth-order valence-corrected chi connectivity index (χ4v) is 4.22. The SMILES string of the molecule is CNC(=O)C(=O)[C@H](C[C@@H]1C[C@@H](C)NC1=O)NC(=O)c1cc(C(F)F)ccc1NC(=O)c1cccc(C(F)(F)F)c1. The van der Waals surface area contributed by atoms with Gasteiger partial charge in [-0.15, -0.1) is 0 Å². The van der Waals surface area contributed by atoms with Gasteiger partial charge in [0.15, 0.2) is 0 Å². The minimum Gasteiger partial charge on any atom is -0.353 e. The van der Waals surface area contributed by atoms with Crippen LogP contribution in [-0.4, -0.2) is 48.5 Å². The van der Waals surface area contributed by atoms with Gasteiger partial charge in [0.1, 0.15) is 0 Å². The van der Waals surface area contributed by atoms with E-state index in [0.29, 0.717) is 12.5 Å². The maximum atomic E-state index is 13.4. The van der Waals surface area contributed by atoms with Crippen molar-refractivity contribution in [2.45, 2.75) is 44.5 Å². The van der Waals surface area contributed by atoms with Crippen LogP contribution in [0.5, 0.6) is 0 Å². The molecule has 0 spiro atoms. The van der Waals surface area contributed by atoms with Crippen molar-refractivity contribution >= 4 is 35.1 Å². The molecule has 1 aliphatic rings. The number of carbonyl (C=O) groups excluding carboxylic acids is 5. The molecule has 1 fully saturated rings. The number of ketones is 1. The number of anilines is 1. The van der Waals surface area contributed by atoms with E-state index >= 15 is 0 Å². The Morgan fingerprint density at radius 3 is 2.33 bits per heavy atom. The number of likely N-dealkylation sites (N-methyl/N-ethyl adjacent to an activating group) is 1. The first-order chi connectivity index (χ1) is 18.7. The van der Waals surface area contributed by atoms with E-state index in [-0.39, 0.29) is 18.2 Å². The molecule has 2 aromatic carbocycles. The molecule has 0 unspecified atom stereocenters. The van der Waals surface area contributed by atoms with Gasteiger partial charge in [-0.05, 0) is 50.1 Å². The van der Waals surface area contributed by atoms with Crippen molar-refractivity contribution in [2.24, 2.45) is 5.92 Å². The molecular weight excluding hydrogens is 543 g/mol. The van der Waals surface area contributed by atoms with E-state index in [1.54, 1.807) is 6.92 Å². The van der Waals surface area contributed by atoms with Crippen LogP contribution in [-0.2, 0) is 20.6 Å². The summed E-state index contributed by atoms with van der Waals surface area (Å²) in [4.78, 5) is 63.0. The molecule has 2 aromatic rings. The highest BCUT2D eigenvalue weighted by Gasteiger charge is 2.36. The van der Waals surface area contributed by atoms with Gasteiger partial charge in [0.25, 0.3) is 24.1 Å². The summed E-state index contributed by atoms with van der Waals surface area (Å²) in [5.74, 6) is -5.51. The van der Waals surface area contributed by atoms with Crippen molar-refractivity contribution < 1.29 is 45.9 Å².